The Hall–Kier alpha value is -2.86. The quantitative estimate of drug-likeness (QED) is 0.185. The fraction of sp³-hybridized carbons (Fsp3) is 0.471. The largest absolute Gasteiger partial charge is 1.00 e. The van der Waals surface area contributed by atoms with E-state index in [1.54, 1.807) is 0 Å². The number of ether oxygens (including phenoxy) is 1. The van der Waals surface area contributed by atoms with Crippen molar-refractivity contribution in [2.75, 3.05) is 13.2 Å². The molecule has 4 heterocycles. The summed E-state index contributed by atoms with van der Waals surface area (Å²) in [4.78, 5) is 0. The molecule has 4 rings (SSSR count). The maximum absolute atomic E-state index is 13.6. The second-order valence-electron chi connectivity index (χ2n) is 8.27. The maximum Gasteiger partial charge on any atom is 1.00 e. The first-order chi connectivity index (χ1) is 19.1. The third-order valence-electron chi connectivity index (χ3n) is 5.09. The molecule has 44 heavy (non-hydrogen) atoms. The van der Waals surface area contributed by atoms with Gasteiger partial charge in [-0.2, -0.15) is 79.0 Å². The van der Waals surface area contributed by atoms with Gasteiger partial charge in [-0.25, -0.2) is 15.3 Å². The standard InChI is InChI=1S/C15H4BF18N6.C2H4O.Ag/c17-10(18,19)4-1-7(13(26,27)28)38(35-4)16(39-8(14(29,30)31)2-5(36-39)11(20,21)22)40-9(15(32,33)34)3-6(37-40)12(23,24)25;1-2-3-1;/h1-3,16H;1-2H2;/q-1;;+1. The second kappa shape index (κ2) is 11.8. The van der Waals surface area contributed by atoms with Crippen molar-refractivity contribution in [3.63, 3.8) is 0 Å². The summed E-state index contributed by atoms with van der Waals surface area (Å²) < 4.78 is 242. The van der Waals surface area contributed by atoms with Crippen molar-refractivity contribution in [3.8, 4) is 0 Å². The van der Waals surface area contributed by atoms with E-state index in [9.17, 15) is 79.0 Å². The van der Waals surface area contributed by atoms with Crippen molar-refractivity contribution in [1.29, 1.82) is 0 Å². The van der Waals surface area contributed by atoms with E-state index in [1.807, 2.05) is 0 Å². The van der Waals surface area contributed by atoms with Crippen molar-refractivity contribution in [1.82, 2.24) is 29.1 Å². The van der Waals surface area contributed by atoms with E-state index in [0.717, 1.165) is 13.2 Å². The van der Waals surface area contributed by atoms with Crippen molar-refractivity contribution in [3.05, 3.63) is 52.4 Å². The summed E-state index contributed by atoms with van der Waals surface area (Å²) in [6.07, 6.45) is -36.1. The van der Waals surface area contributed by atoms with Crippen LogP contribution in [0.15, 0.2) is 18.2 Å². The molecular formula is C17H8AgBF18N6O. The van der Waals surface area contributed by atoms with Gasteiger partial charge >= 0.3 is 66.6 Å². The summed E-state index contributed by atoms with van der Waals surface area (Å²) in [5.41, 5.74) is -16.3. The van der Waals surface area contributed by atoms with Crippen LogP contribution in [-0.2, 0) is 64.2 Å². The van der Waals surface area contributed by atoms with Crippen LogP contribution < -0.4 is 0 Å². The van der Waals surface area contributed by atoms with Crippen LogP contribution >= 0.6 is 0 Å². The van der Waals surface area contributed by atoms with Crippen LogP contribution in [-0.4, -0.2) is 49.4 Å². The number of halogens is 18. The molecule has 1 aliphatic heterocycles. The first-order valence-electron chi connectivity index (χ1n) is 10.6. The molecule has 3 aromatic heterocycles. The van der Waals surface area contributed by atoms with Crippen LogP contribution in [0.5, 0.6) is 0 Å². The van der Waals surface area contributed by atoms with Gasteiger partial charge in [0.25, 0.3) is 0 Å². The minimum absolute atomic E-state index is 0. The number of hydrogen-bond acceptors (Lipinski definition) is 4. The molecule has 0 bridgehead atoms. The molecule has 0 spiro atoms. The summed E-state index contributed by atoms with van der Waals surface area (Å²) in [5.74, 6) is 0. The van der Waals surface area contributed by atoms with Gasteiger partial charge in [0.2, 0.25) is 0 Å². The topological polar surface area (TPSA) is 66.0 Å². The molecular weight excluding hydrogens is 765 g/mol. The fourth-order valence-electron chi connectivity index (χ4n) is 3.38. The van der Waals surface area contributed by atoms with E-state index in [2.05, 4.69) is 20.0 Å². The molecule has 252 valence electrons. The number of rotatable bonds is 3. The van der Waals surface area contributed by atoms with E-state index in [0.29, 0.717) is 0 Å². The van der Waals surface area contributed by atoms with Crippen molar-refractivity contribution >= 4 is 7.12 Å². The van der Waals surface area contributed by atoms with Crippen molar-refractivity contribution in [2.24, 2.45) is 0 Å². The Balaban J connectivity index is 0.00000159. The first kappa shape index (κ1) is 37.3. The summed E-state index contributed by atoms with van der Waals surface area (Å²) in [7, 11) is -5.30. The normalized spacial score (nSPS) is 14.8. The Kier molecular flexibility index (Phi) is 10.0. The molecule has 3 aromatic rings. The predicted octanol–water partition coefficient (Wildman–Crippen LogP) is 6.06. The molecule has 0 amide bonds. The van der Waals surface area contributed by atoms with E-state index in [1.165, 1.54) is 0 Å². The first-order valence-corrected chi connectivity index (χ1v) is 10.6. The summed E-state index contributed by atoms with van der Waals surface area (Å²) >= 11 is 0. The Morgan fingerprint density at radius 3 is 0.795 bits per heavy atom. The molecule has 1 aliphatic rings. The maximum atomic E-state index is 13.6. The molecule has 27 heteroatoms. The Morgan fingerprint density at radius 1 is 0.455 bits per heavy atom. The smallest absolute Gasteiger partial charge is 0.392 e. The van der Waals surface area contributed by atoms with Crippen LogP contribution in [0.3, 0.4) is 0 Å². The van der Waals surface area contributed by atoms with Crippen molar-refractivity contribution < 1.29 is 106 Å². The third-order valence-corrected chi connectivity index (χ3v) is 5.09. The molecule has 0 unspecified atom stereocenters. The van der Waals surface area contributed by atoms with E-state index in [4.69, 9.17) is 0 Å². The molecule has 1 saturated heterocycles. The van der Waals surface area contributed by atoms with Crippen LogP contribution in [0.2, 0.25) is 0 Å². The van der Waals surface area contributed by atoms with Gasteiger partial charge in [0.05, 0.1) is 13.2 Å². The fourth-order valence-corrected chi connectivity index (χ4v) is 3.38. The van der Waals surface area contributed by atoms with Gasteiger partial charge < -0.3 is 18.5 Å². The molecule has 0 aliphatic carbocycles. The van der Waals surface area contributed by atoms with Gasteiger partial charge in [-0.05, 0) is 18.2 Å². The van der Waals surface area contributed by atoms with Gasteiger partial charge in [0, 0.05) is 0 Å². The number of nitrogens with zero attached hydrogens (tertiary/aromatic N) is 6. The number of aromatic nitrogens is 6. The van der Waals surface area contributed by atoms with E-state index >= 15 is 0 Å². The minimum Gasteiger partial charge on any atom is -0.392 e. The van der Waals surface area contributed by atoms with Gasteiger partial charge in [0.1, 0.15) is 17.1 Å². The Labute approximate surface area is 245 Å². The average molecular weight is 773 g/mol. The second-order valence-corrected chi connectivity index (χ2v) is 8.27. The van der Waals surface area contributed by atoms with Crippen LogP contribution in [0.1, 0.15) is 34.2 Å². The zero-order valence-electron chi connectivity index (χ0n) is 20.0. The summed E-state index contributed by atoms with van der Waals surface area (Å²) in [5, 5.41) is 6.84. The average Bonchev–Trinajstić information content (AvgIpc) is 3.28. The number of alkyl halides is 18. The summed E-state index contributed by atoms with van der Waals surface area (Å²) in [6.45, 7) is 2.00. The summed E-state index contributed by atoms with van der Waals surface area (Å²) in [6, 6.07) is -2.82. The molecule has 0 radical (unpaired) electrons. The van der Waals surface area contributed by atoms with Gasteiger partial charge in [0.15, 0.2) is 17.1 Å². The van der Waals surface area contributed by atoms with E-state index in [-0.39, 0.29) is 22.4 Å². The number of hydrogen-bond donors (Lipinski definition) is 0. The van der Waals surface area contributed by atoms with E-state index < -0.39 is 110 Å². The predicted molar refractivity (Wildman–Crippen MR) is 101 cm³/mol. The molecule has 0 aromatic carbocycles. The zero-order valence-corrected chi connectivity index (χ0v) is 21.5. The molecule has 7 nitrogen and oxygen atoms in total. The monoisotopic (exact) mass is 772 g/mol. The Morgan fingerprint density at radius 2 is 0.659 bits per heavy atom. The minimum atomic E-state index is -6.13. The van der Waals surface area contributed by atoms with Crippen LogP contribution in [0.25, 0.3) is 0 Å². The Bertz CT molecular complexity index is 1270. The zero-order chi connectivity index (χ0) is 33.1. The van der Waals surface area contributed by atoms with Crippen LogP contribution in [0.4, 0.5) is 79.0 Å². The number of epoxide rings is 1. The molecule has 0 atom stereocenters. The molecule has 0 N–H and O–H groups in total. The molecule has 0 saturated carbocycles. The SMILES string of the molecule is C1CO1.FC(F)(F)c1cc(C(F)(F)F)n([BH-](n2nc(C(F)(F)F)cc2C(F)(F)F)n2nc(C(F)(F)F)cc2C(F)(F)F)n1.[Ag+]. The van der Waals surface area contributed by atoms with Gasteiger partial charge in [-0.1, -0.05) is 0 Å². The van der Waals surface area contributed by atoms with Gasteiger partial charge in [-0.3, -0.25) is 0 Å². The van der Waals surface area contributed by atoms with Crippen molar-refractivity contribution in [2.45, 2.75) is 37.1 Å². The van der Waals surface area contributed by atoms with Crippen LogP contribution in [0, 0.1) is 0 Å². The third kappa shape index (κ3) is 8.44. The molecule has 1 fully saturated rings. The van der Waals surface area contributed by atoms with Gasteiger partial charge in [-0.15, -0.1) is 0 Å².